The first-order chi connectivity index (χ1) is 14.2. The molecule has 0 bridgehead atoms. The van der Waals surface area contributed by atoms with Gasteiger partial charge in [0.05, 0.1) is 5.75 Å². The lowest BCUT2D eigenvalue weighted by Gasteiger charge is -2.31. The zero-order valence-electron chi connectivity index (χ0n) is 17.0. The lowest BCUT2D eigenvalue weighted by Crippen LogP contribution is -2.51. The minimum absolute atomic E-state index is 0.00359. The molecule has 2 aromatic rings. The average Bonchev–Trinajstić information content (AvgIpc) is 3.26. The predicted molar refractivity (Wildman–Crippen MR) is 119 cm³/mol. The quantitative estimate of drug-likeness (QED) is 0.613. The molecule has 1 N–H and O–H groups in total. The smallest absolute Gasteiger partial charge is 0.243 e. The third-order valence-corrected chi connectivity index (χ3v) is 6.39. The Morgan fingerprint density at radius 1 is 1.03 bits per heavy atom. The number of hydrogen-bond acceptors (Lipinski definition) is 3. The number of amides is 2. The molecule has 1 aliphatic rings. The predicted octanol–water partition coefficient (Wildman–Crippen LogP) is 4.64. The Bertz CT molecular complexity index is 776. The van der Waals surface area contributed by atoms with Crippen molar-refractivity contribution in [1.82, 2.24) is 10.2 Å². The third-order valence-electron chi connectivity index (χ3n) is 5.39. The van der Waals surface area contributed by atoms with Crippen LogP contribution in [-0.4, -0.2) is 34.6 Å². The molecule has 1 saturated carbocycles. The third kappa shape index (κ3) is 6.36. The van der Waals surface area contributed by atoms with Crippen LogP contribution in [0.2, 0.25) is 0 Å². The van der Waals surface area contributed by atoms with E-state index in [1.807, 2.05) is 67.6 Å². The largest absolute Gasteiger partial charge is 0.352 e. The standard InChI is InChI=1S/C24H30N2O2S/c1-2-22(24(28)25-20-13-9-10-14-20)26(17-19-11-5-3-6-12-19)23(27)18-29-21-15-7-4-8-16-21/h3-8,11-12,15-16,20,22H,2,9-10,13-14,17-18H2,1H3,(H,25,28)/t22-/m1/s1. The van der Waals surface area contributed by atoms with Gasteiger partial charge in [-0.05, 0) is 37.0 Å². The fraction of sp³-hybridized carbons (Fsp3) is 0.417. The van der Waals surface area contributed by atoms with Gasteiger partial charge in [0.2, 0.25) is 11.8 Å². The molecule has 3 rings (SSSR count). The second-order valence-corrected chi connectivity index (χ2v) is 8.57. The second kappa shape index (κ2) is 11.1. The first-order valence-corrected chi connectivity index (χ1v) is 11.5. The highest BCUT2D eigenvalue weighted by Crippen LogP contribution is 2.21. The van der Waals surface area contributed by atoms with Crippen molar-refractivity contribution in [2.24, 2.45) is 0 Å². The Morgan fingerprint density at radius 3 is 2.28 bits per heavy atom. The summed E-state index contributed by atoms with van der Waals surface area (Å²) < 4.78 is 0. The molecule has 0 radical (unpaired) electrons. The normalized spacial score (nSPS) is 15.1. The maximum Gasteiger partial charge on any atom is 0.243 e. The number of carbonyl (C=O) groups excluding carboxylic acids is 2. The van der Waals surface area contributed by atoms with E-state index < -0.39 is 6.04 Å². The molecule has 4 nitrogen and oxygen atoms in total. The number of benzene rings is 2. The first-order valence-electron chi connectivity index (χ1n) is 10.5. The molecule has 0 unspecified atom stereocenters. The summed E-state index contributed by atoms with van der Waals surface area (Å²) in [6, 6.07) is 19.6. The van der Waals surface area contributed by atoms with Crippen molar-refractivity contribution in [3.63, 3.8) is 0 Å². The Hall–Kier alpha value is -2.27. The Labute approximate surface area is 178 Å². The zero-order chi connectivity index (χ0) is 20.5. The van der Waals surface area contributed by atoms with E-state index >= 15 is 0 Å². The highest BCUT2D eigenvalue weighted by Gasteiger charge is 2.30. The molecule has 0 heterocycles. The lowest BCUT2D eigenvalue weighted by atomic mass is 10.1. The lowest BCUT2D eigenvalue weighted by molar-refractivity contribution is -0.139. The molecule has 0 spiro atoms. The number of rotatable bonds is 9. The van der Waals surface area contributed by atoms with Gasteiger partial charge in [-0.3, -0.25) is 9.59 Å². The van der Waals surface area contributed by atoms with E-state index in [0.717, 1.165) is 23.3 Å². The van der Waals surface area contributed by atoms with Gasteiger partial charge in [-0.25, -0.2) is 0 Å². The summed E-state index contributed by atoms with van der Waals surface area (Å²) in [6.45, 7) is 2.43. The van der Waals surface area contributed by atoms with Crippen LogP contribution in [0.4, 0.5) is 0 Å². The van der Waals surface area contributed by atoms with Crippen molar-refractivity contribution < 1.29 is 9.59 Å². The number of hydrogen-bond donors (Lipinski definition) is 1. The Balaban J connectivity index is 1.72. The van der Waals surface area contributed by atoms with Gasteiger partial charge < -0.3 is 10.2 Å². The molecular formula is C24H30N2O2S. The summed E-state index contributed by atoms with van der Waals surface area (Å²) in [5.74, 6) is 0.300. The van der Waals surface area contributed by atoms with Crippen LogP contribution in [0.25, 0.3) is 0 Å². The SMILES string of the molecule is CC[C@H](C(=O)NC1CCCC1)N(Cc1ccccc1)C(=O)CSc1ccccc1. The Kier molecular flexibility index (Phi) is 8.17. The van der Waals surface area contributed by atoms with Crippen molar-refractivity contribution in [2.45, 2.75) is 62.6 Å². The molecular weight excluding hydrogens is 380 g/mol. The summed E-state index contributed by atoms with van der Waals surface area (Å²) in [5.41, 5.74) is 1.04. The van der Waals surface area contributed by atoms with Crippen LogP contribution in [0.15, 0.2) is 65.6 Å². The fourth-order valence-corrected chi connectivity index (χ4v) is 4.62. The van der Waals surface area contributed by atoms with Crippen LogP contribution in [-0.2, 0) is 16.1 Å². The molecule has 154 valence electrons. The average molecular weight is 411 g/mol. The molecule has 29 heavy (non-hydrogen) atoms. The van der Waals surface area contributed by atoms with E-state index in [1.54, 1.807) is 4.90 Å². The maximum absolute atomic E-state index is 13.2. The van der Waals surface area contributed by atoms with Crippen LogP contribution in [0.5, 0.6) is 0 Å². The van der Waals surface area contributed by atoms with E-state index in [4.69, 9.17) is 0 Å². The van der Waals surface area contributed by atoms with Gasteiger partial charge in [0.25, 0.3) is 0 Å². The molecule has 5 heteroatoms. The minimum Gasteiger partial charge on any atom is -0.352 e. The van der Waals surface area contributed by atoms with E-state index in [0.29, 0.717) is 18.7 Å². The molecule has 0 aromatic heterocycles. The van der Waals surface area contributed by atoms with Crippen molar-refractivity contribution >= 4 is 23.6 Å². The topological polar surface area (TPSA) is 49.4 Å². The number of nitrogens with one attached hydrogen (secondary N) is 1. The van der Waals surface area contributed by atoms with E-state index in [1.165, 1.54) is 24.6 Å². The van der Waals surface area contributed by atoms with Gasteiger partial charge in [-0.1, -0.05) is 68.3 Å². The van der Waals surface area contributed by atoms with Crippen molar-refractivity contribution in [1.29, 1.82) is 0 Å². The molecule has 2 aromatic carbocycles. The summed E-state index contributed by atoms with van der Waals surface area (Å²) >= 11 is 1.52. The molecule has 0 saturated heterocycles. The number of carbonyl (C=O) groups is 2. The van der Waals surface area contributed by atoms with Gasteiger partial charge in [-0.15, -0.1) is 11.8 Å². The number of thioether (sulfide) groups is 1. The van der Waals surface area contributed by atoms with E-state index in [-0.39, 0.29) is 17.9 Å². The fourth-order valence-electron chi connectivity index (χ4n) is 3.81. The molecule has 2 amide bonds. The van der Waals surface area contributed by atoms with Crippen molar-refractivity contribution in [2.75, 3.05) is 5.75 Å². The second-order valence-electron chi connectivity index (χ2n) is 7.52. The monoisotopic (exact) mass is 410 g/mol. The highest BCUT2D eigenvalue weighted by atomic mass is 32.2. The molecule has 1 fully saturated rings. The van der Waals surface area contributed by atoms with E-state index in [9.17, 15) is 9.59 Å². The van der Waals surface area contributed by atoms with Crippen LogP contribution in [0.3, 0.4) is 0 Å². The zero-order valence-corrected chi connectivity index (χ0v) is 17.9. The van der Waals surface area contributed by atoms with Crippen molar-refractivity contribution in [3.8, 4) is 0 Å². The van der Waals surface area contributed by atoms with Crippen LogP contribution in [0.1, 0.15) is 44.6 Å². The molecule has 0 aliphatic heterocycles. The summed E-state index contributed by atoms with van der Waals surface area (Å²) in [5, 5.41) is 3.19. The van der Waals surface area contributed by atoms with Crippen LogP contribution < -0.4 is 5.32 Å². The van der Waals surface area contributed by atoms with Crippen LogP contribution >= 0.6 is 11.8 Å². The van der Waals surface area contributed by atoms with E-state index in [2.05, 4.69) is 5.32 Å². The maximum atomic E-state index is 13.2. The van der Waals surface area contributed by atoms with Crippen molar-refractivity contribution in [3.05, 3.63) is 66.2 Å². The summed E-state index contributed by atoms with van der Waals surface area (Å²) in [4.78, 5) is 29.0. The first kappa shape index (κ1) is 21.4. The van der Waals surface area contributed by atoms with Gasteiger partial charge in [0, 0.05) is 17.5 Å². The van der Waals surface area contributed by atoms with Crippen LogP contribution in [0, 0.1) is 0 Å². The van der Waals surface area contributed by atoms with Gasteiger partial charge in [0.15, 0.2) is 0 Å². The van der Waals surface area contributed by atoms with Gasteiger partial charge in [-0.2, -0.15) is 0 Å². The number of nitrogens with zero attached hydrogens (tertiary/aromatic N) is 1. The minimum atomic E-state index is -0.445. The molecule has 1 aliphatic carbocycles. The van der Waals surface area contributed by atoms with Gasteiger partial charge in [0.1, 0.15) is 6.04 Å². The highest BCUT2D eigenvalue weighted by molar-refractivity contribution is 8.00. The Morgan fingerprint density at radius 2 is 1.66 bits per heavy atom. The van der Waals surface area contributed by atoms with Gasteiger partial charge >= 0.3 is 0 Å². The summed E-state index contributed by atoms with van der Waals surface area (Å²) in [6.07, 6.45) is 5.02. The summed E-state index contributed by atoms with van der Waals surface area (Å²) in [7, 11) is 0. The molecule has 1 atom stereocenters.